The van der Waals surface area contributed by atoms with Gasteiger partial charge in [-0.15, -0.1) is 0 Å². The summed E-state index contributed by atoms with van der Waals surface area (Å²) in [6.45, 7) is 0. The Morgan fingerprint density at radius 3 is 2.43 bits per heavy atom. The van der Waals surface area contributed by atoms with E-state index in [0.717, 1.165) is 11.8 Å². The molecule has 0 amide bonds. The molecule has 0 heterocycles. The maximum atomic E-state index is 4.73. The number of aliphatic imine (C=N–C) groups is 1. The Morgan fingerprint density at radius 2 is 1.71 bits per heavy atom. The summed E-state index contributed by atoms with van der Waals surface area (Å²) in [6.07, 6.45) is 11.2. The third-order valence-electron chi connectivity index (χ3n) is 4.01. The van der Waals surface area contributed by atoms with Crippen LogP contribution in [0, 0.1) is 11.8 Å². The van der Waals surface area contributed by atoms with Gasteiger partial charge in [-0.25, -0.2) is 4.99 Å². The first kappa shape index (κ1) is 10.3. The van der Waals surface area contributed by atoms with Crippen LogP contribution in [0.5, 0.6) is 0 Å². The summed E-state index contributed by atoms with van der Waals surface area (Å²) >= 11 is 4.73. The summed E-state index contributed by atoms with van der Waals surface area (Å²) in [4.78, 5) is 4.35. The maximum Gasteiger partial charge on any atom is 0.0633 e. The molecule has 0 radical (unpaired) electrons. The van der Waals surface area contributed by atoms with Gasteiger partial charge in [0, 0.05) is 0 Å². The van der Waals surface area contributed by atoms with Crippen molar-refractivity contribution in [2.45, 2.75) is 57.4 Å². The Hall–Kier alpha value is -0.200. The van der Waals surface area contributed by atoms with Crippen LogP contribution in [0.1, 0.15) is 51.4 Å². The molecule has 2 unspecified atom stereocenters. The molecular formula is C12H19NS. The summed E-state index contributed by atoms with van der Waals surface area (Å²) < 4.78 is 0. The number of hydrogen-bond acceptors (Lipinski definition) is 2. The van der Waals surface area contributed by atoms with Crippen LogP contribution >= 0.6 is 12.2 Å². The van der Waals surface area contributed by atoms with E-state index in [1.54, 1.807) is 0 Å². The summed E-state index contributed by atoms with van der Waals surface area (Å²) in [5.41, 5.74) is 0. The fourth-order valence-corrected chi connectivity index (χ4v) is 3.44. The Labute approximate surface area is 92.0 Å². The lowest BCUT2D eigenvalue weighted by atomic mass is 9.78. The van der Waals surface area contributed by atoms with Gasteiger partial charge in [-0.1, -0.05) is 38.5 Å². The molecule has 0 saturated heterocycles. The van der Waals surface area contributed by atoms with Crippen molar-refractivity contribution in [1.82, 2.24) is 0 Å². The van der Waals surface area contributed by atoms with E-state index in [2.05, 4.69) is 10.2 Å². The van der Waals surface area contributed by atoms with Crippen LogP contribution in [0.3, 0.4) is 0 Å². The lowest BCUT2D eigenvalue weighted by molar-refractivity contribution is 0.236. The van der Waals surface area contributed by atoms with Crippen LogP contribution in [-0.2, 0) is 0 Å². The van der Waals surface area contributed by atoms with Crippen LogP contribution in [0.15, 0.2) is 4.99 Å². The van der Waals surface area contributed by atoms with E-state index in [4.69, 9.17) is 12.2 Å². The second-order valence-electron chi connectivity index (χ2n) is 4.78. The van der Waals surface area contributed by atoms with Crippen molar-refractivity contribution in [2.75, 3.05) is 0 Å². The molecule has 0 N–H and O–H groups in total. The molecule has 0 bridgehead atoms. The molecule has 2 aliphatic rings. The average molecular weight is 209 g/mol. The molecule has 0 aromatic heterocycles. The largest absolute Gasteiger partial charge is 0.229 e. The molecule has 0 aromatic rings. The second-order valence-corrected chi connectivity index (χ2v) is 4.96. The first-order valence-electron chi connectivity index (χ1n) is 5.99. The molecule has 2 saturated carbocycles. The number of rotatable bonds is 2. The molecule has 0 aromatic carbocycles. The van der Waals surface area contributed by atoms with Gasteiger partial charge in [-0.05, 0) is 36.9 Å². The fourth-order valence-electron chi connectivity index (χ4n) is 3.31. The van der Waals surface area contributed by atoms with Gasteiger partial charge in [0.15, 0.2) is 0 Å². The Kier molecular flexibility index (Phi) is 3.72. The molecule has 14 heavy (non-hydrogen) atoms. The van der Waals surface area contributed by atoms with Crippen LogP contribution in [0.4, 0.5) is 0 Å². The minimum atomic E-state index is 0.524. The predicted molar refractivity (Wildman–Crippen MR) is 62.7 cm³/mol. The maximum absolute atomic E-state index is 4.73. The van der Waals surface area contributed by atoms with E-state index in [9.17, 15) is 0 Å². The zero-order valence-corrected chi connectivity index (χ0v) is 9.56. The van der Waals surface area contributed by atoms with Crippen LogP contribution in [-0.4, -0.2) is 11.2 Å². The normalized spacial score (nSPS) is 34.0. The van der Waals surface area contributed by atoms with Gasteiger partial charge in [0.05, 0.1) is 11.2 Å². The Morgan fingerprint density at radius 1 is 0.929 bits per heavy atom. The smallest absolute Gasteiger partial charge is 0.0633 e. The van der Waals surface area contributed by atoms with Gasteiger partial charge in [-0.2, -0.15) is 0 Å². The Bertz CT molecular complexity index is 226. The van der Waals surface area contributed by atoms with Crippen LogP contribution < -0.4 is 0 Å². The van der Waals surface area contributed by atoms with E-state index in [1.807, 2.05) is 0 Å². The second kappa shape index (κ2) is 5.04. The monoisotopic (exact) mass is 209 g/mol. The third kappa shape index (κ3) is 2.24. The zero-order valence-electron chi connectivity index (χ0n) is 8.74. The molecular weight excluding hydrogens is 190 g/mol. The molecule has 2 rings (SSSR count). The van der Waals surface area contributed by atoms with Gasteiger partial charge in [-0.3, -0.25) is 0 Å². The highest BCUT2D eigenvalue weighted by Crippen LogP contribution is 2.40. The van der Waals surface area contributed by atoms with Crippen molar-refractivity contribution in [1.29, 1.82) is 0 Å². The molecule has 1 nitrogen and oxygen atoms in total. The minimum absolute atomic E-state index is 0.524. The van der Waals surface area contributed by atoms with Crippen molar-refractivity contribution in [3.63, 3.8) is 0 Å². The van der Waals surface area contributed by atoms with Gasteiger partial charge >= 0.3 is 0 Å². The standard InChI is InChI=1S/C12H19NS/c14-9-13-12-8-4-7-11(12)10-5-2-1-3-6-10/h10-12H,1-8H2. The Balaban J connectivity index is 1.97. The van der Waals surface area contributed by atoms with Gasteiger partial charge in [0.25, 0.3) is 0 Å². The zero-order chi connectivity index (χ0) is 9.80. The van der Waals surface area contributed by atoms with E-state index in [-0.39, 0.29) is 0 Å². The summed E-state index contributed by atoms with van der Waals surface area (Å²) in [6, 6.07) is 0.524. The average Bonchev–Trinajstić information content (AvgIpc) is 2.68. The number of hydrogen-bond donors (Lipinski definition) is 0. The van der Waals surface area contributed by atoms with Gasteiger partial charge < -0.3 is 0 Å². The van der Waals surface area contributed by atoms with Crippen molar-refractivity contribution in [2.24, 2.45) is 16.8 Å². The lowest BCUT2D eigenvalue weighted by Crippen LogP contribution is -2.23. The molecule has 2 fully saturated rings. The van der Waals surface area contributed by atoms with E-state index in [0.29, 0.717) is 6.04 Å². The summed E-state index contributed by atoms with van der Waals surface area (Å²) in [7, 11) is 0. The van der Waals surface area contributed by atoms with E-state index >= 15 is 0 Å². The highest BCUT2D eigenvalue weighted by Gasteiger charge is 2.33. The third-order valence-corrected chi connectivity index (χ3v) is 4.11. The van der Waals surface area contributed by atoms with E-state index in [1.165, 1.54) is 51.4 Å². The minimum Gasteiger partial charge on any atom is -0.229 e. The molecule has 2 atom stereocenters. The lowest BCUT2D eigenvalue weighted by Gasteiger charge is -2.29. The quantitative estimate of drug-likeness (QED) is 0.497. The van der Waals surface area contributed by atoms with Crippen molar-refractivity contribution >= 4 is 17.4 Å². The van der Waals surface area contributed by atoms with Crippen LogP contribution in [0.25, 0.3) is 0 Å². The number of isothiocyanates is 1. The summed E-state index contributed by atoms with van der Waals surface area (Å²) in [5, 5.41) is 2.59. The van der Waals surface area contributed by atoms with E-state index < -0.39 is 0 Å². The topological polar surface area (TPSA) is 12.4 Å². The highest BCUT2D eigenvalue weighted by atomic mass is 32.1. The fraction of sp³-hybridized carbons (Fsp3) is 0.917. The molecule has 78 valence electrons. The summed E-state index contributed by atoms with van der Waals surface area (Å²) in [5.74, 6) is 1.79. The van der Waals surface area contributed by atoms with Gasteiger partial charge in [0.1, 0.15) is 0 Å². The highest BCUT2D eigenvalue weighted by molar-refractivity contribution is 7.78. The SMILES string of the molecule is S=C=NC1CCCC1C1CCCCC1. The first-order valence-corrected chi connectivity index (χ1v) is 6.39. The van der Waals surface area contributed by atoms with Crippen LogP contribution in [0.2, 0.25) is 0 Å². The first-order chi connectivity index (χ1) is 6.92. The molecule has 2 aliphatic carbocycles. The molecule has 0 aliphatic heterocycles. The number of thiocarbonyl (C=S) groups is 1. The molecule has 0 spiro atoms. The van der Waals surface area contributed by atoms with Crippen molar-refractivity contribution in [3.05, 3.63) is 0 Å². The predicted octanol–water partition coefficient (Wildman–Crippen LogP) is 3.84. The molecule has 2 heteroatoms. The van der Waals surface area contributed by atoms with Crippen molar-refractivity contribution in [3.8, 4) is 0 Å². The van der Waals surface area contributed by atoms with Gasteiger partial charge in [0.2, 0.25) is 0 Å². The number of nitrogens with zero attached hydrogens (tertiary/aromatic N) is 1. The van der Waals surface area contributed by atoms with Crippen molar-refractivity contribution < 1.29 is 0 Å².